The third-order valence-electron chi connectivity index (χ3n) is 4.71. The van der Waals surface area contributed by atoms with Crippen molar-refractivity contribution in [3.8, 4) is 22.5 Å². The number of ether oxygens (including phenoxy) is 1. The van der Waals surface area contributed by atoms with Gasteiger partial charge < -0.3 is 9.30 Å². The zero-order chi connectivity index (χ0) is 17.2. The molecule has 2 aromatic heterocycles. The van der Waals surface area contributed by atoms with Crippen LogP contribution in [-0.2, 0) is 11.3 Å². The minimum atomic E-state index is 0.275. The lowest BCUT2D eigenvalue weighted by molar-refractivity contribution is 0.0973. The Bertz CT molecular complexity index is 829. The van der Waals surface area contributed by atoms with Crippen molar-refractivity contribution in [2.75, 3.05) is 6.61 Å². The van der Waals surface area contributed by atoms with Gasteiger partial charge in [-0.1, -0.05) is 30.3 Å². The minimum absolute atomic E-state index is 0.275. The molecule has 0 spiro atoms. The van der Waals surface area contributed by atoms with E-state index in [-0.39, 0.29) is 6.10 Å². The summed E-state index contributed by atoms with van der Waals surface area (Å²) >= 11 is 0. The quantitative estimate of drug-likeness (QED) is 0.702. The van der Waals surface area contributed by atoms with Crippen LogP contribution in [0.3, 0.4) is 0 Å². The van der Waals surface area contributed by atoms with Crippen molar-refractivity contribution < 1.29 is 4.74 Å². The van der Waals surface area contributed by atoms with Crippen LogP contribution >= 0.6 is 0 Å². The smallest absolute Gasteiger partial charge is 0.0964 e. The third kappa shape index (κ3) is 3.24. The molecule has 0 amide bonds. The van der Waals surface area contributed by atoms with Gasteiger partial charge in [0.2, 0.25) is 0 Å². The molecule has 130 valence electrons. The molecule has 0 radical (unpaired) electrons. The standard InChI is InChI=1S/C20H24N4O/c1-15(2)24-12-17(11-22-24)20-19(16-7-4-3-5-8-16)21-14-23(20)13-18-9-6-10-25-18/h3-5,7-8,11-12,14-15,18H,6,9-10,13H2,1-2H3/t18-/m0/s1. The first kappa shape index (κ1) is 16.1. The van der Waals surface area contributed by atoms with Crippen LogP contribution in [-0.4, -0.2) is 32.0 Å². The van der Waals surface area contributed by atoms with Crippen LogP contribution in [0.5, 0.6) is 0 Å². The van der Waals surface area contributed by atoms with Gasteiger partial charge in [0.25, 0.3) is 0 Å². The Kier molecular flexibility index (Phi) is 4.40. The fourth-order valence-corrected chi connectivity index (χ4v) is 3.38. The second-order valence-electron chi connectivity index (χ2n) is 6.90. The third-order valence-corrected chi connectivity index (χ3v) is 4.71. The van der Waals surface area contributed by atoms with Crippen molar-refractivity contribution in [2.24, 2.45) is 0 Å². The molecule has 3 aromatic rings. The van der Waals surface area contributed by atoms with Crippen molar-refractivity contribution in [1.29, 1.82) is 0 Å². The van der Waals surface area contributed by atoms with Gasteiger partial charge in [-0.2, -0.15) is 5.10 Å². The molecule has 25 heavy (non-hydrogen) atoms. The molecular weight excluding hydrogens is 312 g/mol. The summed E-state index contributed by atoms with van der Waals surface area (Å²) in [7, 11) is 0. The number of imidazole rings is 1. The van der Waals surface area contributed by atoms with Crippen molar-refractivity contribution in [3.63, 3.8) is 0 Å². The second-order valence-corrected chi connectivity index (χ2v) is 6.90. The summed E-state index contributed by atoms with van der Waals surface area (Å²) in [6, 6.07) is 10.7. The van der Waals surface area contributed by atoms with E-state index in [1.54, 1.807) is 0 Å². The molecule has 0 aliphatic carbocycles. The van der Waals surface area contributed by atoms with E-state index in [9.17, 15) is 0 Å². The predicted molar refractivity (Wildman–Crippen MR) is 98.2 cm³/mol. The van der Waals surface area contributed by atoms with Crippen molar-refractivity contribution in [1.82, 2.24) is 19.3 Å². The van der Waals surface area contributed by atoms with E-state index in [0.29, 0.717) is 6.04 Å². The molecule has 0 bridgehead atoms. The summed E-state index contributed by atoms with van der Waals surface area (Å²) < 4.78 is 10.1. The first-order valence-corrected chi connectivity index (χ1v) is 8.99. The predicted octanol–water partition coefficient (Wildman–Crippen LogP) is 4.17. The number of aromatic nitrogens is 4. The summed E-state index contributed by atoms with van der Waals surface area (Å²) in [6.07, 6.45) is 8.52. The molecule has 0 N–H and O–H groups in total. The number of nitrogens with zero attached hydrogens (tertiary/aromatic N) is 4. The average molecular weight is 336 g/mol. The largest absolute Gasteiger partial charge is 0.376 e. The summed E-state index contributed by atoms with van der Waals surface area (Å²) in [5.74, 6) is 0. The first-order chi connectivity index (χ1) is 12.2. The normalized spacial score (nSPS) is 17.5. The van der Waals surface area contributed by atoms with Crippen molar-refractivity contribution in [3.05, 3.63) is 49.1 Å². The average Bonchev–Trinajstić information content (AvgIpc) is 3.36. The van der Waals surface area contributed by atoms with E-state index in [1.165, 1.54) is 0 Å². The minimum Gasteiger partial charge on any atom is -0.376 e. The Labute approximate surface area is 148 Å². The van der Waals surface area contributed by atoms with E-state index < -0.39 is 0 Å². The fraction of sp³-hybridized carbons (Fsp3) is 0.400. The van der Waals surface area contributed by atoms with Gasteiger partial charge in [-0.25, -0.2) is 4.98 Å². The maximum absolute atomic E-state index is 5.84. The monoisotopic (exact) mass is 336 g/mol. The fourth-order valence-electron chi connectivity index (χ4n) is 3.38. The van der Waals surface area contributed by atoms with Crippen LogP contribution in [0.15, 0.2) is 49.1 Å². The van der Waals surface area contributed by atoms with E-state index >= 15 is 0 Å². The molecule has 4 rings (SSSR count). The van der Waals surface area contributed by atoms with Gasteiger partial charge in [0.15, 0.2) is 0 Å². The maximum atomic E-state index is 5.84. The lowest BCUT2D eigenvalue weighted by atomic mass is 10.1. The van der Waals surface area contributed by atoms with Crippen LogP contribution in [0.2, 0.25) is 0 Å². The summed E-state index contributed by atoms with van der Waals surface area (Å²) in [5, 5.41) is 4.52. The molecular formula is C20H24N4O. The molecule has 5 nitrogen and oxygen atoms in total. The molecule has 1 fully saturated rings. The van der Waals surface area contributed by atoms with Crippen LogP contribution in [0.4, 0.5) is 0 Å². The zero-order valence-electron chi connectivity index (χ0n) is 14.8. The van der Waals surface area contributed by atoms with Gasteiger partial charge in [0.05, 0.1) is 36.6 Å². The number of hydrogen-bond donors (Lipinski definition) is 0. The van der Waals surface area contributed by atoms with E-state index in [4.69, 9.17) is 9.72 Å². The van der Waals surface area contributed by atoms with Gasteiger partial charge in [-0.3, -0.25) is 4.68 Å². The van der Waals surface area contributed by atoms with Gasteiger partial charge in [-0.15, -0.1) is 0 Å². The highest BCUT2D eigenvalue weighted by atomic mass is 16.5. The molecule has 1 atom stereocenters. The number of benzene rings is 1. The lowest BCUT2D eigenvalue weighted by Gasteiger charge is -2.13. The Morgan fingerprint density at radius 2 is 2.04 bits per heavy atom. The van der Waals surface area contributed by atoms with Gasteiger partial charge in [-0.05, 0) is 26.7 Å². The Balaban J connectivity index is 1.77. The van der Waals surface area contributed by atoms with Crippen LogP contribution in [0.1, 0.15) is 32.7 Å². The lowest BCUT2D eigenvalue weighted by Crippen LogP contribution is -2.15. The first-order valence-electron chi connectivity index (χ1n) is 8.99. The molecule has 0 saturated carbocycles. The molecule has 5 heteroatoms. The number of hydrogen-bond acceptors (Lipinski definition) is 3. The SMILES string of the molecule is CC(C)n1cc(-c2c(-c3ccccc3)ncn2C[C@@H]2CCCO2)cn1. The van der Waals surface area contributed by atoms with E-state index in [1.807, 2.05) is 23.3 Å². The summed E-state index contributed by atoms with van der Waals surface area (Å²) in [6.45, 7) is 5.98. The zero-order valence-corrected chi connectivity index (χ0v) is 14.8. The summed E-state index contributed by atoms with van der Waals surface area (Å²) in [4.78, 5) is 4.73. The van der Waals surface area contributed by atoms with Crippen LogP contribution in [0.25, 0.3) is 22.5 Å². The Hall–Kier alpha value is -2.40. The van der Waals surface area contributed by atoms with Crippen LogP contribution < -0.4 is 0 Å². The van der Waals surface area contributed by atoms with E-state index in [2.05, 4.69) is 54.0 Å². The molecule has 1 aliphatic rings. The highest BCUT2D eigenvalue weighted by molar-refractivity contribution is 5.78. The molecule has 0 unspecified atom stereocenters. The van der Waals surface area contributed by atoms with E-state index in [0.717, 1.165) is 48.5 Å². The maximum Gasteiger partial charge on any atom is 0.0964 e. The second kappa shape index (κ2) is 6.84. The Morgan fingerprint density at radius 3 is 2.72 bits per heavy atom. The van der Waals surface area contributed by atoms with Crippen molar-refractivity contribution >= 4 is 0 Å². The molecule has 1 saturated heterocycles. The number of rotatable bonds is 5. The van der Waals surface area contributed by atoms with Gasteiger partial charge in [0, 0.05) is 30.0 Å². The van der Waals surface area contributed by atoms with Crippen LogP contribution in [0, 0.1) is 0 Å². The highest BCUT2D eigenvalue weighted by Crippen LogP contribution is 2.32. The highest BCUT2D eigenvalue weighted by Gasteiger charge is 2.21. The molecule has 1 aromatic carbocycles. The van der Waals surface area contributed by atoms with Gasteiger partial charge in [0.1, 0.15) is 0 Å². The summed E-state index contributed by atoms with van der Waals surface area (Å²) in [5.41, 5.74) is 4.35. The molecule has 3 heterocycles. The van der Waals surface area contributed by atoms with Gasteiger partial charge >= 0.3 is 0 Å². The van der Waals surface area contributed by atoms with Crippen molar-refractivity contribution in [2.45, 2.75) is 45.4 Å². The topological polar surface area (TPSA) is 44.9 Å². The molecule has 1 aliphatic heterocycles. The Morgan fingerprint density at radius 1 is 1.20 bits per heavy atom.